The Hall–Kier alpha value is -1.19. The lowest BCUT2D eigenvalue weighted by Crippen LogP contribution is -2.30. The smallest absolute Gasteiger partial charge is 0.240 e. The highest BCUT2D eigenvalue weighted by molar-refractivity contribution is 7.89. The second-order valence-electron chi connectivity index (χ2n) is 6.02. The van der Waals surface area contributed by atoms with Gasteiger partial charge in [-0.3, -0.25) is 4.79 Å². The highest BCUT2D eigenvalue weighted by atomic mass is 35.5. The van der Waals surface area contributed by atoms with E-state index in [1.165, 1.54) is 19.2 Å². The minimum atomic E-state index is -3.53. The third-order valence-corrected chi connectivity index (χ3v) is 5.62. The van der Waals surface area contributed by atoms with E-state index in [0.717, 1.165) is 24.8 Å². The van der Waals surface area contributed by atoms with Gasteiger partial charge in [-0.15, -0.1) is 12.4 Å². The fraction of sp³-hybridized carbons (Fsp3) is 0.562. The quantitative estimate of drug-likeness (QED) is 0.567. The molecule has 0 saturated heterocycles. The van der Waals surface area contributed by atoms with Crippen LogP contribution in [0.5, 0.6) is 0 Å². The minimum absolute atomic E-state index is 0. The van der Waals surface area contributed by atoms with Crippen LogP contribution in [0.25, 0.3) is 0 Å². The minimum Gasteiger partial charge on any atom is -0.383 e. The summed E-state index contributed by atoms with van der Waals surface area (Å²) in [6.45, 7) is 0.913. The predicted octanol–water partition coefficient (Wildman–Crippen LogP) is 0.777. The van der Waals surface area contributed by atoms with E-state index in [2.05, 4.69) is 10.0 Å². The average Bonchev–Trinajstić information content (AvgIpc) is 3.00. The number of carbonyl (C=O) groups is 1. The third kappa shape index (κ3) is 6.56. The number of ether oxygens (including phenoxy) is 1. The molecule has 1 aromatic rings. The number of nitrogens with one attached hydrogen (secondary N) is 2. The first-order chi connectivity index (χ1) is 11.4. The molecule has 25 heavy (non-hydrogen) atoms. The van der Waals surface area contributed by atoms with Gasteiger partial charge >= 0.3 is 0 Å². The van der Waals surface area contributed by atoms with Gasteiger partial charge in [0.15, 0.2) is 0 Å². The Morgan fingerprint density at radius 2 is 1.96 bits per heavy atom. The summed E-state index contributed by atoms with van der Waals surface area (Å²) in [6, 6.07) is 6.58. The summed E-state index contributed by atoms with van der Waals surface area (Å²) >= 11 is 0. The molecule has 1 saturated carbocycles. The number of hydrogen-bond donors (Lipinski definition) is 3. The standard InChI is InChI=1S/C16H25N3O4S.ClH/c1-23-9-8-19-24(21,22)15-6-2-12(3-7-15)11-18-16(20)13-4-5-14(17)10-13;/h2-3,6-7,13-14,19H,4-5,8-11,17H2,1H3,(H,18,20);1H. The summed E-state index contributed by atoms with van der Waals surface area (Å²) in [5, 5.41) is 2.89. The SMILES string of the molecule is COCCNS(=O)(=O)c1ccc(CNC(=O)C2CCC(N)C2)cc1.Cl. The van der Waals surface area contributed by atoms with Gasteiger partial charge in [0.1, 0.15) is 0 Å². The molecular weight excluding hydrogens is 366 g/mol. The van der Waals surface area contributed by atoms with Crippen LogP contribution in [0.2, 0.25) is 0 Å². The summed E-state index contributed by atoms with van der Waals surface area (Å²) in [5.41, 5.74) is 6.67. The molecule has 0 bridgehead atoms. The van der Waals surface area contributed by atoms with Crippen LogP contribution >= 0.6 is 12.4 Å². The Morgan fingerprint density at radius 3 is 2.52 bits per heavy atom. The second kappa shape index (κ2) is 10.1. The molecule has 0 aromatic heterocycles. The van der Waals surface area contributed by atoms with Gasteiger partial charge in [0.25, 0.3) is 0 Å². The molecule has 0 aliphatic heterocycles. The van der Waals surface area contributed by atoms with Crippen LogP contribution in [0.15, 0.2) is 29.2 Å². The van der Waals surface area contributed by atoms with Crippen LogP contribution in [0, 0.1) is 5.92 Å². The Labute approximate surface area is 155 Å². The fourth-order valence-electron chi connectivity index (χ4n) is 2.74. The van der Waals surface area contributed by atoms with Crippen molar-refractivity contribution in [1.82, 2.24) is 10.0 Å². The van der Waals surface area contributed by atoms with Crippen molar-refractivity contribution < 1.29 is 17.9 Å². The van der Waals surface area contributed by atoms with Gasteiger partial charge in [-0.1, -0.05) is 12.1 Å². The number of benzene rings is 1. The Bertz CT molecular complexity index is 652. The van der Waals surface area contributed by atoms with E-state index in [1.54, 1.807) is 12.1 Å². The van der Waals surface area contributed by atoms with E-state index in [-0.39, 0.29) is 41.7 Å². The Morgan fingerprint density at radius 1 is 1.28 bits per heavy atom. The first-order valence-electron chi connectivity index (χ1n) is 8.03. The molecule has 2 unspecified atom stereocenters. The van der Waals surface area contributed by atoms with Gasteiger partial charge in [0, 0.05) is 32.2 Å². The van der Waals surface area contributed by atoms with Gasteiger partial charge in [-0.25, -0.2) is 13.1 Å². The van der Waals surface area contributed by atoms with Gasteiger partial charge in [-0.2, -0.15) is 0 Å². The first kappa shape index (κ1) is 21.9. The van der Waals surface area contributed by atoms with Crippen LogP contribution in [-0.4, -0.2) is 40.6 Å². The van der Waals surface area contributed by atoms with E-state index in [1.807, 2.05) is 0 Å². The lowest BCUT2D eigenvalue weighted by atomic mass is 10.1. The number of rotatable bonds is 8. The van der Waals surface area contributed by atoms with Crippen molar-refractivity contribution in [2.24, 2.45) is 11.7 Å². The number of amides is 1. The summed E-state index contributed by atoms with van der Waals surface area (Å²) < 4.78 is 31.4. The number of hydrogen-bond acceptors (Lipinski definition) is 5. The molecule has 7 nitrogen and oxygen atoms in total. The zero-order valence-electron chi connectivity index (χ0n) is 14.2. The summed E-state index contributed by atoms with van der Waals surface area (Å²) in [6.07, 6.45) is 2.45. The topological polar surface area (TPSA) is 111 Å². The maximum atomic E-state index is 12.1. The molecule has 0 radical (unpaired) electrons. The molecular formula is C16H26ClN3O4S. The number of halogens is 1. The molecule has 1 aromatic carbocycles. The van der Waals surface area contributed by atoms with E-state index in [0.29, 0.717) is 13.2 Å². The van der Waals surface area contributed by atoms with Crippen LogP contribution < -0.4 is 15.8 Å². The van der Waals surface area contributed by atoms with Crippen molar-refractivity contribution >= 4 is 28.3 Å². The number of methoxy groups -OCH3 is 1. The molecule has 4 N–H and O–H groups in total. The number of carbonyl (C=O) groups excluding carboxylic acids is 1. The highest BCUT2D eigenvalue weighted by Gasteiger charge is 2.27. The van der Waals surface area contributed by atoms with Crippen LogP contribution in [0.3, 0.4) is 0 Å². The summed E-state index contributed by atoms with van der Waals surface area (Å²) in [4.78, 5) is 12.2. The normalized spacial score (nSPS) is 20.1. The number of sulfonamides is 1. The van der Waals surface area contributed by atoms with Gasteiger partial charge in [-0.05, 0) is 37.0 Å². The van der Waals surface area contributed by atoms with Gasteiger partial charge in [0.2, 0.25) is 15.9 Å². The monoisotopic (exact) mass is 391 g/mol. The molecule has 2 atom stereocenters. The number of nitrogens with two attached hydrogens (primary N) is 1. The second-order valence-corrected chi connectivity index (χ2v) is 7.79. The maximum Gasteiger partial charge on any atom is 0.240 e. The van der Waals surface area contributed by atoms with Crippen LogP contribution in [0.4, 0.5) is 0 Å². The van der Waals surface area contributed by atoms with Crippen LogP contribution in [0.1, 0.15) is 24.8 Å². The molecule has 9 heteroatoms. The van der Waals surface area contributed by atoms with Crippen molar-refractivity contribution in [2.45, 2.75) is 36.7 Å². The third-order valence-electron chi connectivity index (χ3n) is 4.14. The lowest BCUT2D eigenvalue weighted by Gasteiger charge is -2.11. The zero-order valence-corrected chi connectivity index (χ0v) is 15.9. The van der Waals surface area contributed by atoms with Crippen molar-refractivity contribution in [3.63, 3.8) is 0 Å². The summed E-state index contributed by atoms with van der Waals surface area (Å²) in [5.74, 6) is 0.00511. The lowest BCUT2D eigenvalue weighted by molar-refractivity contribution is -0.125. The van der Waals surface area contributed by atoms with E-state index in [9.17, 15) is 13.2 Å². The first-order valence-corrected chi connectivity index (χ1v) is 9.51. The molecule has 1 fully saturated rings. The van der Waals surface area contributed by atoms with Gasteiger partial charge in [0.05, 0.1) is 11.5 Å². The molecule has 1 aliphatic carbocycles. The van der Waals surface area contributed by atoms with E-state index < -0.39 is 10.0 Å². The fourth-order valence-corrected chi connectivity index (χ4v) is 3.75. The predicted molar refractivity (Wildman–Crippen MR) is 97.9 cm³/mol. The highest BCUT2D eigenvalue weighted by Crippen LogP contribution is 2.24. The van der Waals surface area contributed by atoms with E-state index >= 15 is 0 Å². The largest absolute Gasteiger partial charge is 0.383 e. The van der Waals surface area contributed by atoms with Gasteiger partial charge < -0.3 is 15.8 Å². The van der Waals surface area contributed by atoms with Crippen LogP contribution in [-0.2, 0) is 26.1 Å². The van der Waals surface area contributed by atoms with Crippen molar-refractivity contribution in [3.05, 3.63) is 29.8 Å². The molecule has 1 amide bonds. The van der Waals surface area contributed by atoms with Crippen molar-refractivity contribution in [1.29, 1.82) is 0 Å². The van der Waals surface area contributed by atoms with Crippen molar-refractivity contribution in [3.8, 4) is 0 Å². The Balaban J connectivity index is 0.00000312. The zero-order chi connectivity index (χ0) is 17.6. The van der Waals surface area contributed by atoms with E-state index in [4.69, 9.17) is 10.5 Å². The maximum absolute atomic E-state index is 12.1. The van der Waals surface area contributed by atoms with Crippen molar-refractivity contribution in [2.75, 3.05) is 20.3 Å². The summed E-state index contributed by atoms with van der Waals surface area (Å²) in [7, 11) is -2.02. The molecule has 1 aliphatic rings. The molecule has 0 heterocycles. The molecule has 142 valence electrons. The average molecular weight is 392 g/mol. The molecule has 2 rings (SSSR count). The Kier molecular flexibility index (Phi) is 8.81. The molecule has 0 spiro atoms.